The van der Waals surface area contributed by atoms with Crippen LogP contribution >= 0.6 is 46.4 Å². The molecule has 0 unspecified atom stereocenters. The molecule has 0 heterocycles. The van der Waals surface area contributed by atoms with Gasteiger partial charge >= 0.3 is 0 Å². The summed E-state index contributed by atoms with van der Waals surface area (Å²) >= 11 is 24.3. The maximum absolute atomic E-state index is 8.80. The van der Waals surface area contributed by atoms with Crippen LogP contribution in [0.5, 0.6) is 11.5 Å². The third-order valence-corrected chi connectivity index (χ3v) is 4.75. The van der Waals surface area contributed by atoms with E-state index >= 15 is 0 Å². The van der Waals surface area contributed by atoms with Gasteiger partial charge in [-0.05, 0) is 35.4 Å². The van der Waals surface area contributed by atoms with Gasteiger partial charge in [-0.2, -0.15) is 0 Å². The van der Waals surface area contributed by atoms with Gasteiger partial charge in [0, 0.05) is 5.41 Å². The molecule has 8 heteroatoms. The first-order chi connectivity index (χ1) is 10.7. The number of hydrogen-bond donors (Lipinski definition) is 2. The van der Waals surface area contributed by atoms with Crippen molar-refractivity contribution >= 4 is 46.4 Å². The standard InChI is InChI=1S/C15H12Cl4O4/c1-15(2,7-3-9(16)13(22-20)10(17)4-7)8-5-11(18)14(23-21)12(19)6-8/h3-6,20-21H,1-2H3. The summed E-state index contributed by atoms with van der Waals surface area (Å²) in [4.78, 5) is 8.33. The second-order valence-electron chi connectivity index (χ2n) is 5.35. The summed E-state index contributed by atoms with van der Waals surface area (Å²) < 4.78 is 0. The highest BCUT2D eigenvalue weighted by Gasteiger charge is 2.27. The van der Waals surface area contributed by atoms with Gasteiger partial charge in [-0.3, -0.25) is 0 Å². The van der Waals surface area contributed by atoms with E-state index < -0.39 is 5.41 Å². The van der Waals surface area contributed by atoms with Crippen LogP contribution in [0.1, 0.15) is 25.0 Å². The first-order valence-electron chi connectivity index (χ1n) is 6.34. The maximum Gasteiger partial charge on any atom is 0.202 e. The minimum atomic E-state index is -0.581. The fourth-order valence-corrected chi connectivity index (χ4v) is 3.29. The third kappa shape index (κ3) is 3.48. The van der Waals surface area contributed by atoms with E-state index in [4.69, 9.17) is 56.9 Å². The number of rotatable bonds is 4. The Kier molecular flexibility index (Phi) is 5.56. The Morgan fingerprint density at radius 3 is 1.17 bits per heavy atom. The van der Waals surface area contributed by atoms with Gasteiger partial charge in [-0.15, -0.1) is 0 Å². The zero-order valence-corrected chi connectivity index (χ0v) is 15.1. The van der Waals surface area contributed by atoms with Gasteiger partial charge in [-0.25, -0.2) is 10.5 Å². The van der Waals surface area contributed by atoms with Crippen LogP contribution in [0, 0.1) is 0 Å². The molecule has 0 radical (unpaired) electrons. The van der Waals surface area contributed by atoms with Crippen molar-refractivity contribution in [2.45, 2.75) is 19.3 Å². The van der Waals surface area contributed by atoms with Crippen molar-refractivity contribution in [2.75, 3.05) is 0 Å². The number of benzene rings is 2. The predicted molar refractivity (Wildman–Crippen MR) is 91.6 cm³/mol. The van der Waals surface area contributed by atoms with Gasteiger partial charge in [0.05, 0.1) is 20.1 Å². The van der Waals surface area contributed by atoms with Crippen molar-refractivity contribution in [1.29, 1.82) is 0 Å². The van der Waals surface area contributed by atoms with Gasteiger partial charge in [-0.1, -0.05) is 60.3 Å². The largest absolute Gasteiger partial charge is 0.337 e. The van der Waals surface area contributed by atoms with E-state index in [0.29, 0.717) is 0 Å². The highest BCUT2D eigenvalue weighted by molar-refractivity contribution is 6.38. The van der Waals surface area contributed by atoms with Gasteiger partial charge in [0.15, 0.2) is 0 Å². The molecule has 0 amide bonds. The molecular weight excluding hydrogens is 386 g/mol. The Bertz CT molecular complexity index is 639. The first-order valence-corrected chi connectivity index (χ1v) is 7.85. The highest BCUT2D eigenvalue weighted by atomic mass is 35.5. The van der Waals surface area contributed by atoms with E-state index in [9.17, 15) is 0 Å². The summed E-state index contributed by atoms with van der Waals surface area (Å²) in [6.07, 6.45) is 0. The second kappa shape index (κ2) is 6.93. The minimum absolute atomic E-state index is 0.0204. The molecule has 0 saturated carbocycles. The van der Waals surface area contributed by atoms with Crippen molar-refractivity contribution < 1.29 is 20.3 Å². The van der Waals surface area contributed by atoms with E-state index in [2.05, 4.69) is 9.78 Å². The average molecular weight is 398 g/mol. The summed E-state index contributed by atoms with van der Waals surface area (Å²) in [6.45, 7) is 3.83. The van der Waals surface area contributed by atoms with Crippen LogP contribution in [-0.4, -0.2) is 10.5 Å². The fraction of sp³-hybridized carbons (Fsp3) is 0.200. The van der Waals surface area contributed by atoms with Gasteiger partial charge in [0.1, 0.15) is 0 Å². The lowest BCUT2D eigenvalue weighted by atomic mass is 9.78. The molecule has 0 aliphatic rings. The minimum Gasteiger partial charge on any atom is -0.337 e. The summed E-state index contributed by atoms with van der Waals surface area (Å²) in [5, 5.41) is 18.2. The average Bonchev–Trinajstić information content (AvgIpc) is 2.46. The van der Waals surface area contributed by atoms with Gasteiger partial charge in [0.25, 0.3) is 0 Å². The Hall–Kier alpha value is -0.880. The molecule has 0 saturated heterocycles. The Balaban J connectivity index is 2.59. The van der Waals surface area contributed by atoms with Gasteiger partial charge < -0.3 is 9.78 Å². The zero-order valence-electron chi connectivity index (χ0n) is 12.0. The molecule has 0 aliphatic carbocycles. The topological polar surface area (TPSA) is 58.9 Å². The molecule has 0 bridgehead atoms. The predicted octanol–water partition coefficient (Wildman–Crippen LogP) is 6.33. The highest BCUT2D eigenvalue weighted by Crippen LogP contribution is 2.43. The number of hydrogen-bond acceptors (Lipinski definition) is 4. The molecule has 4 nitrogen and oxygen atoms in total. The lowest BCUT2D eigenvalue weighted by Gasteiger charge is -2.27. The van der Waals surface area contributed by atoms with Crippen molar-refractivity contribution in [3.63, 3.8) is 0 Å². The summed E-state index contributed by atoms with van der Waals surface area (Å²) in [5.41, 5.74) is 0.916. The Morgan fingerprint density at radius 2 is 0.957 bits per heavy atom. The summed E-state index contributed by atoms with van der Waals surface area (Å²) in [6, 6.07) is 6.49. The molecule has 2 aromatic carbocycles. The van der Waals surface area contributed by atoms with E-state index in [1.54, 1.807) is 24.3 Å². The van der Waals surface area contributed by atoms with E-state index in [0.717, 1.165) is 11.1 Å². The summed E-state index contributed by atoms with van der Waals surface area (Å²) in [5.74, 6) is -0.0408. The molecule has 23 heavy (non-hydrogen) atoms. The molecule has 2 N–H and O–H groups in total. The normalized spacial score (nSPS) is 11.5. The third-order valence-electron chi connectivity index (χ3n) is 3.62. The van der Waals surface area contributed by atoms with Crippen LogP contribution in [0.2, 0.25) is 20.1 Å². The second-order valence-corrected chi connectivity index (χ2v) is 6.97. The van der Waals surface area contributed by atoms with Crippen molar-refractivity contribution in [3.05, 3.63) is 55.5 Å². The molecule has 0 atom stereocenters. The monoisotopic (exact) mass is 396 g/mol. The molecule has 2 aromatic rings. The van der Waals surface area contributed by atoms with Crippen molar-refractivity contribution in [2.24, 2.45) is 0 Å². The van der Waals surface area contributed by atoms with Crippen LogP contribution in [0.15, 0.2) is 24.3 Å². The maximum atomic E-state index is 8.80. The molecule has 0 spiro atoms. The molecule has 2 rings (SSSR count). The van der Waals surface area contributed by atoms with E-state index in [1.165, 1.54) is 0 Å². The molecule has 124 valence electrons. The molecule has 0 aromatic heterocycles. The van der Waals surface area contributed by atoms with Crippen LogP contribution < -0.4 is 9.78 Å². The van der Waals surface area contributed by atoms with Gasteiger partial charge in [0.2, 0.25) is 11.5 Å². The SMILES string of the molecule is CC(C)(c1cc(Cl)c(OO)c(Cl)c1)c1cc(Cl)c(OO)c(Cl)c1. The number of halogens is 4. The fourth-order valence-electron chi connectivity index (χ4n) is 2.18. The van der Waals surface area contributed by atoms with Crippen LogP contribution in [0.4, 0.5) is 0 Å². The lowest BCUT2D eigenvalue weighted by Crippen LogP contribution is -2.19. The Morgan fingerprint density at radius 1 is 0.696 bits per heavy atom. The smallest absolute Gasteiger partial charge is 0.202 e. The van der Waals surface area contributed by atoms with E-state index in [-0.39, 0.29) is 31.6 Å². The molecular formula is C15H12Cl4O4. The first kappa shape index (κ1) is 18.5. The lowest BCUT2D eigenvalue weighted by molar-refractivity contribution is -0.137. The van der Waals surface area contributed by atoms with Crippen molar-refractivity contribution in [1.82, 2.24) is 0 Å². The quantitative estimate of drug-likeness (QED) is 0.467. The van der Waals surface area contributed by atoms with E-state index in [1.807, 2.05) is 13.8 Å². The zero-order chi connectivity index (χ0) is 17.4. The summed E-state index contributed by atoms with van der Waals surface area (Å²) in [7, 11) is 0. The Labute approximate surface area is 152 Å². The van der Waals surface area contributed by atoms with Crippen LogP contribution in [-0.2, 0) is 5.41 Å². The van der Waals surface area contributed by atoms with Crippen LogP contribution in [0.3, 0.4) is 0 Å². The van der Waals surface area contributed by atoms with Crippen molar-refractivity contribution in [3.8, 4) is 11.5 Å². The van der Waals surface area contributed by atoms with Crippen LogP contribution in [0.25, 0.3) is 0 Å². The molecule has 0 aliphatic heterocycles. The molecule has 0 fully saturated rings.